The molecule has 0 bridgehead atoms. The normalized spacial score (nSPS) is 11.1. The quantitative estimate of drug-likeness (QED) is 0.400. The summed E-state index contributed by atoms with van der Waals surface area (Å²) in [5.41, 5.74) is 5.61. The third-order valence-electron chi connectivity index (χ3n) is 4.52. The van der Waals surface area contributed by atoms with Gasteiger partial charge in [0.15, 0.2) is 0 Å². The number of hydrogen-bond donors (Lipinski definition) is 0. The van der Waals surface area contributed by atoms with E-state index < -0.39 is 0 Å². The van der Waals surface area contributed by atoms with E-state index in [9.17, 15) is 0 Å². The minimum Gasteiger partial charge on any atom is -0.255 e. The highest BCUT2D eigenvalue weighted by Crippen LogP contribution is 2.27. The summed E-state index contributed by atoms with van der Waals surface area (Å²) in [6.45, 7) is 0. The molecular weight excluding hydrogens is 318 g/mol. The zero-order valence-corrected chi connectivity index (χ0v) is 14.0. The number of nitrogens with zero attached hydrogens (tertiary/aromatic N) is 3. The highest BCUT2D eigenvalue weighted by Gasteiger charge is 2.08. The average Bonchev–Trinajstić information content (AvgIpc) is 2.74. The van der Waals surface area contributed by atoms with Crippen LogP contribution in [0, 0.1) is 0 Å². The Kier molecular flexibility index (Phi) is 3.42. The summed E-state index contributed by atoms with van der Waals surface area (Å²) in [6.07, 6.45) is 1.79. The van der Waals surface area contributed by atoms with Crippen LogP contribution in [0.25, 0.3) is 44.5 Å². The molecule has 0 radical (unpaired) electrons. The summed E-state index contributed by atoms with van der Waals surface area (Å²) >= 11 is 0. The molecule has 2 aromatic carbocycles. The Labute approximate surface area is 151 Å². The van der Waals surface area contributed by atoms with Crippen molar-refractivity contribution < 1.29 is 0 Å². The molecule has 0 fully saturated rings. The Hall–Kier alpha value is -3.59. The van der Waals surface area contributed by atoms with Gasteiger partial charge in [0, 0.05) is 22.5 Å². The Morgan fingerprint density at radius 2 is 1.08 bits per heavy atom. The third-order valence-corrected chi connectivity index (χ3v) is 4.52. The summed E-state index contributed by atoms with van der Waals surface area (Å²) in [7, 11) is 0. The maximum atomic E-state index is 4.93. The van der Waals surface area contributed by atoms with Crippen LogP contribution in [0.2, 0.25) is 0 Å². The van der Waals surface area contributed by atoms with Gasteiger partial charge in [-0.25, -0.2) is 9.97 Å². The molecular formula is C23H15N3. The molecule has 5 rings (SSSR count). The second kappa shape index (κ2) is 6.05. The molecule has 26 heavy (non-hydrogen) atoms. The average molecular weight is 333 g/mol. The number of rotatable bonds is 2. The number of pyridine rings is 3. The molecule has 0 saturated carbocycles. The van der Waals surface area contributed by atoms with Gasteiger partial charge in [-0.1, -0.05) is 60.7 Å². The number of fused-ring (bicyclic) bond motifs is 3. The van der Waals surface area contributed by atoms with Gasteiger partial charge in [0.25, 0.3) is 0 Å². The van der Waals surface area contributed by atoms with Gasteiger partial charge >= 0.3 is 0 Å². The Balaban J connectivity index is 1.77. The van der Waals surface area contributed by atoms with Gasteiger partial charge in [-0.2, -0.15) is 0 Å². The summed E-state index contributed by atoms with van der Waals surface area (Å²) in [4.78, 5) is 14.2. The molecule has 3 heteroatoms. The van der Waals surface area contributed by atoms with Crippen LogP contribution in [-0.4, -0.2) is 15.0 Å². The molecule has 0 aliphatic heterocycles. The van der Waals surface area contributed by atoms with Gasteiger partial charge in [-0.15, -0.1) is 0 Å². The van der Waals surface area contributed by atoms with E-state index in [1.54, 1.807) is 6.20 Å². The van der Waals surface area contributed by atoms with Gasteiger partial charge < -0.3 is 0 Å². The molecule has 0 aliphatic carbocycles. The minimum absolute atomic E-state index is 0.859. The lowest BCUT2D eigenvalue weighted by Crippen LogP contribution is -1.91. The number of aromatic nitrogens is 3. The van der Waals surface area contributed by atoms with Crippen molar-refractivity contribution in [2.75, 3.05) is 0 Å². The van der Waals surface area contributed by atoms with Crippen molar-refractivity contribution in [2.45, 2.75) is 0 Å². The summed E-state index contributed by atoms with van der Waals surface area (Å²) < 4.78 is 0. The summed E-state index contributed by atoms with van der Waals surface area (Å²) in [6, 6.07) is 28.5. The molecule has 122 valence electrons. The van der Waals surface area contributed by atoms with E-state index in [2.05, 4.69) is 47.4 Å². The van der Waals surface area contributed by atoms with Crippen LogP contribution in [0.15, 0.2) is 91.1 Å². The van der Waals surface area contributed by atoms with Crippen molar-refractivity contribution in [3.63, 3.8) is 0 Å². The second-order valence-electron chi connectivity index (χ2n) is 6.18. The van der Waals surface area contributed by atoms with Crippen molar-refractivity contribution >= 4 is 21.8 Å². The van der Waals surface area contributed by atoms with E-state index in [0.717, 1.165) is 44.5 Å². The van der Waals surface area contributed by atoms with Gasteiger partial charge in [-0.05, 0) is 24.3 Å². The van der Waals surface area contributed by atoms with Gasteiger partial charge in [0.2, 0.25) is 0 Å². The van der Waals surface area contributed by atoms with Crippen molar-refractivity contribution in [1.29, 1.82) is 0 Å². The predicted molar refractivity (Wildman–Crippen MR) is 106 cm³/mol. The monoisotopic (exact) mass is 333 g/mol. The summed E-state index contributed by atoms with van der Waals surface area (Å²) in [5, 5.41) is 2.16. The van der Waals surface area contributed by atoms with Gasteiger partial charge in [-0.3, -0.25) is 4.98 Å². The maximum Gasteiger partial charge on any atom is 0.0973 e. The second-order valence-corrected chi connectivity index (χ2v) is 6.18. The van der Waals surface area contributed by atoms with E-state index in [0.29, 0.717) is 0 Å². The van der Waals surface area contributed by atoms with E-state index in [4.69, 9.17) is 9.97 Å². The molecule has 0 saturated heterocycles. The first-order valence-electron chi connectivity index (χ1n) is 8.56. The molecule has 3 aromatic heterocycles. The minimum atomic E-state index is 0.859. The molecule has 0 atom stereocenters. The maximum absolute atomic E-state index is 4.93. The van der Waals surface area contributed by atoms with Crippen molar-refractivity contribution in [3.05, 3.63) is 91.1 Å². The fourth-order valence-electron chi connectivity index (χ4n) is 3.19. The van der Waals surface area contributed by atoms with E-state index in [-0.39, 0.29) is 0 Å². The van der Waals surface area contributed by atoms with Crippen molar-refractivity contribution in [2.24, 2.45) is 0 Å². The van der Waals surface area contributed by atoms with Gasteiger partial charge in [0.05, 0.1) is 28.1 Å². The van der Waals surface area contributed by atoms with Gasteiger partial charge in [0.1, 0.15) is 0 Å². The highest BCUT2D eigenvalue weighted by atomic mass is 14.8. The first kappa shape index (κ1) is 14.7. The molecule has 5 aromatic rings. The molecule has 0 spiro atoms. The van der Waals surface area contributed by atoms with Crippen LogP contribution in [-0.2, 0) is 0 Å². The molecule has 3 nitrogen and oxygen atoms in total. The van der Waals surface area contributed by atoms with Crippen LogP contribution in [0.3, 0.4) is 0 Å². The lowest BCUT2D eigenvalue weighted by atomic mass is 10.1. The SMILES string of the molecule is c1ccc(-c2ccc3ccc4ccc(-c5ccccn5)nc4c3n2)cc1. The largest absolute Gasteiger partial charge is 0.255 e. The number of benzene rings is 2. The Morgan fingerprint density at radius 1 is 0.462 bits per heavy atom. The molecule has 0 N–H and O–H groups in total. The van der Waals surface area contributed by atoms with Crippen LogP contribution in [0.5, 0.6) is 0 Å². The van der Waals surface area contributed by atoms with E-state index >= 15 is 0 Å². The van der Waals surface area contributed by atoms with Crippen LogP contribution in [0.4, 0.5) is 0 Å². The van der Waals surface area contributed by atoms with Crippen LogP contribution >= 0.6 is 0 Å². The lowest BCUT2D eigenvalue weighted by Gasteiger charge is -2.07. The predicted octanol–water partition coefficient (Wildman–Crippen LogP) is 5.51. The molecule has 0 unspecified atom stereocenters. The topological polar surface area (TPSA) is 38.7 Å². The van der Waals surface area contributed by atoms with Crippen molar-refractivity contribution in [3.8, 4) is 22.6 Å². The third kappa shape index (κ3) is 2.50. The molecule has 0 amide bonds. The van der Waals surface area contributed by atoms with E-state index in [1.807, 2.05) is 42.5 Å². The smallest absolute Gasteiger partial charge is 0.0973 e. The Morgan fingerprint density at radius 3 is 1.77 bits per heavy atom. The van der Waals surface area contributed by atoms with E-state index in [1.165, 1.54) is 0 Å². The van der Waals surface area contributed by atoms with Crippen LogP contribution in [0.1, 0.15) is 0 Å². The molecule has 0 aliphatic rings. The standard InChI is InChI=1S/C23H15N3/c1-2-6-16(7-3-1)19-13-11-17-9-10-18-12-14-21(20-8-4-5-15-24-20)26-23(18)22(17)25-19/h1-15H. The fraction of sp³-hybridized carbons (Fsp3) is 0. The lowest BCUT2D eigenvalue weighted by molar-refractivity contribution is 1.27. The van der Waals surface area contributed by atoms with Crippen molar-refractivity contribution in [1.82, 2.24) is 15.0 Å². The number of hydrogen-bond acceptors (Lipinski definition) is 3. The molecule has 3 heterocycles. The first-order valence-corrected chi connectivity index (χ1v) is 8.56. The summed E-state index contributed by atoms with van der Waals surface area (Å²) in [5.74, 6) is 0. The zero-order valence-electron chi connectivity index (χ0n) is 14.0. The highest BCUT2D eigenvalue weighted by molar-refractivity contribution is 6.04. The fourth-order valence-corrected chi connectivity index (χ4v) is 3.19. The first-order chi connectivity index (χ1) is 12.9. The Bertz CT molecular complexity index is 1120. The van der Waals surface area contributed by atoms with Crippen LogP contribution < -0.4 is 0 Å². The zero-order chi connectivity index (χ0) is 17.3.